The molecule has 0 saturated carbocycles. The molecule has 1 aromatic carbocycles. The Labute approximate surface area is 112 Å². The highest BCUT2D eigenvalue weighted by Crippen LogP contribution is 2.23. The van der Waals surface area contributed by atoms with Crippen molar-refractivity contribution in [2.75, 3.05) is 5.73 Å². The summed E-state index contributed by atoms with van der Waals surface area (Å²) in [5.41, 5.74) is 8.77. The van der Waals surface area contributed by atoms with E-state index in [1.165, 1.54) is 0 Å². The van der Waals surface area contributed by atoms with Gasteiger partial charge in [0, 0.05) is 6.04 Å². The predicted molar refractivity (Wildman–Crippen MR) is 76.9 cm³/mol. The molecule has 19 heavy (non-hydrogen) atoms. The number of aryl methyl sites for hydroxylation is 1. The molecule has 3 N–H and O–H groups in total. The molecule has 0 spiro atoms. The smallest absolute Gasteiger partial charge is 0.243 e. The van der Waals surface area contributed by atoms with Crippen LogP contribution in [0.2, 0.25) is 0 Å². The Morgan fingerprint density at radius 1 is 1.37 bits per heavy atom. The molecule has 0 aliphatic rings. The third-order valence-corrected chi connectivity index (χ3v) is 3.07. The Morgan fingerprint density at radius 3 is 2.68 bits per heavy atom. The number of rotatable bonds is 3. The number of benzene rings is 1. The van der Waals surface area contributed by atoms with Crippen LogP contribution in [0.4, 0.5) is 5.95 Å². The number of amides is 1. The fourth-order valence-corrected chi connectivity index (χ4v) is 2.15. The molecule has 0 saturated heterocycles. The Balaban J connectivity index is 2.46. The molecule has 2 rings (SSSR count). The molecule has 1 aromatic heterocycles. The van der Waals surface area contributed by atoms with Gasteiger partial charge in [-0.3, -0.25) is 9.36 Å². The van der Waals surface area contributed by atoms with E-state index in [1.54, 1.807) is 4.57 Å². The van der Waals surface area contributed by atoms with Crippen LogP contribution in [0, 0.1) is 6.92 Å². The summed E-state index contributed by atoms with van der Waals surface area (Å²) in [5, 5.41) is 2.89. The Morgan fingerprint density at radius 2 is 2.05 bits per heavy atom. The maximum atomic E-state index is 12.1. The minimum atomic E-state index is -0.380. The zero-order valence-corrected chi connectivity index (χ0v) is 11.8. The van der Waals surface area contributed by atoms with Crippen LogP contribution in [0.5, 0.6) is 0 Å². The number of hydrogen-bond acceptors (Lipinski definition) is 3. The first kappa shape index (κ1) is 13.4. The molecule has 5 heteroatoms. The van der Waals surface area contributed by atoms with E-state index >= 15 is 0 Å². The highest BCUT2D eigenvalue weighted by molar-refractivity contribution is 5.85. The van der Waals surface area contributed by atoms with Crippen LogP contribution in [0.1, 0.15) is 32.4 Å². The maximum Gasteiger partial charge on any atom is 0.243 e. The summed E-state index contributed by atoms with van der Waals surface area (Å²) in [6.07, 6.45) is 0. The van der Waals surface area contributed by atoms with Gasteiger partial charge in [0.25, 0.3) is 0 Å². The Hall–Kier alpha value is -2.04. The Bertz CT molecular complexity index is 615. The normalized spacial score (nSPS) is 12.9. The topological polar surface area (TPSA) is 72.9 Å². The molecule has 1 heterocycles. The average molecular weight is 260 g/mol. The second-order valence-electron chi connectivity index (χ2n) is 5.17. The molecule has 0 aliphatic carbocycles. The van der Waals surface area contributed by atoms with Crippen molar-refractivity contribution in [3.05, 3.63) is 23.8 Å². The third kappa shape index (κ3) is 2.54. The molecule has 0 bridgehead atoms. The van der Waals surface area contributed by atoms with E-state index in [2.05, 4.69) is 10.3 Å². The molecule has 102 valence electrons. The largest absolute Gasteiger partial charge is 0.369 e. The van der Waals surface area contributed by atoms with Gasteiger partial charge in [0.2, 0.25) is 11.9 Å². The molecule has 1 atom stereocenters. The first-order valence-electron chi connectivity index (χ1n) is 6.44. The highest BCUT2D eigenvalue weighted by atomic mass is 16.2. The summed E-state index contributed by atoms with van der Waals surface area (Å²) in [6.45, 7) is 7.71. The lowest BCUT2D eigenvalue weighted by Crippen LogP contribution is -2.36. The second kappa shape index (κ2) is 4.91. The van der Waals surface area contributed by atoms with Crippen molar-refractivity contribution < 1.29 is 4.79 Å². The fourth-order valence-electron chi connectivity index (χ4n) is 2.15. The lowest BCUT2D eigenvalue weighted by Gasteiger charge is -2.17. The van der Waals surface area contributed by atoms with Crippen molar-refractivity contribution in [2.24, 2.45) is 0 Å². The monoisotopic (exact) mass is 260 g/mol. The number of fused-ring (bicyclic) bond motifs is 1. The van der Waals surface area contributed by atoms with E-state index in [0.29, 0.717) is 5.95 Å². The minimum Gasteiger partial charge on any atom is -0.369 e. The van der Waals surface area contributed by atoms with E-state index in [1.807, 2.05) is 45.9 Å². The first-order valence-corrected chi connectivity index (χ1v) is 6.44. The number of carbonyl (C=O) groups is 1. The fraction of sp³-hybridized carbons (Fsp3) is 0.429. The second-order valence-corrected chi connectivity index (χ2v) is 5.17. The number of carbonyl (C=O) groups excluding carboxylic acids is 1. The lowest BCUT2D eigenvalue weighted by atomic mass is 10.2. The van der Waals surface area contributed by atoms with Gasteiger partial charge >= 0.3 is 0 Å². The number of aromatic nitrogens is 2. The van der Waals surface area contributed by atoms with E-state index < -0.39 is 0 Å². The van der Waals surface area contributed by atoms with Crippen LogP contribution >= 0.6 is 0 Å². The van der Waals surface area contributed by atoms with Crippen LogP contribution in [-0.2, 0) is 4.79 Å². The van der Waals surface area contributed by atoms with Gasteiger partial charge in [-0.15, -0.1) is 0 Å². The molecule has 1 unspecified atom stereocenters. The summed E-state index contributed by atoms with van der Waals surface area (Å²) >= 11 is 0. The molecule has 2 aromatic rings. The maximum absolute atomic E-state index is 12.1. The molecule has 0 radical (unpaired) electrons. The van der Waals surface area contributed by atoms with Crippen LogP contribution in [-0.4, -0.2) is 21.5 Å². The molecule has 0 aliphatic heterocycles. The van der Waals surface area contributed by atoms with Crippen molar-refractivity contribution in [1.29, 1.82) is 0 Å². The van der Waals surface area contributed by atoms with E-state index in [-0.39, 0.29) is 18.0 Å². The number of anilines is 1. The summed E-state index contributed by atoms with van der Waals surface area (Å²) in [4.78, 5) is 16.4. The van der Waals surface area contributed by atoms with Crippen LogP contribution < -0.4 is 11.1 Å². The minimum absolute atomic E-state index is 0.0532. The molecule has 0 fully saturated rings. The SMILES string of the molecule is Cc1ccc2nc(N)n(C(C)C(=O)NC(C)C)c2c1. The van der Waals surface area contributed by atoms with Gasteiger partial charge in [-0.05, 0) is 45.4 Å². The number of imidazole rings is 1. The first-order chi connectivity index (χ1) is 8.90. The van der Waals surface area contributed by atoms with E-state index in [9.17, 15) is 4.79 Å². The summed E-state index contributed by atoms with van der Waals surface area (Å²) < 4.78 is 1.78. The number of nitrogens with zero attached hydrogens (tertiary/aromatic N) is 2. The van der Waals surface area contributed by atoms with Crippen molar-refractivity contribution in [3.8, 4) is 0 Å². The number of nitrogens with one attached hydrogen (secondary N) is 1. The van der Waals surface area contributed by atoms with Crippen molar-refractivity contribution >= 4 is 22.9 Å². The quantitative estimate of drug-likeness (QED) is 0.886. The highest BCUT2D eigenvalue weighted by Gasteiger charge is 2.20. The standard InChI is InChI=1S/C14H20N4O/c1-8(2)16-13(19)10(4)18-12-7-9(3)5-6-11(12)17-14(18)15/h5-8,10H,1-4H3,(H2,15,17)(H,16,19). The third-order valence-electron chi connectivity index (χ3n) is 3.07. The van der Waals surface area contributed by atoms with Crippen molar-refractivity contribution in [1.82, 2.24) is 14.9 Å². The predicted octanol–water partition coefficient (Wildman–Crippen LogP) is 2.01. The van der Waals surface area contributed by atoms with Gasteiger partial charge in [-0.2, -0.15) is 0 Å². The molecular formula is C14H20N4O. The zero-order valence-electron chi connectivity index (χ0n) is 11.8. The van der Waals surface area contributed by atoms with Gasteiger partial charge in [0.1, 0.15) is 6.04 Å². The molecule has 1 amide bonds. The Kier molecular flexibility index (Phi) is 3.46. The summed E-state index contributed by atoms with van der Waals surface area (Å²) in [7, 11) is 0. The van der Waals surface area contributed by atoms with Gasteiger partial charge in [-0.25, -0.2) is 4.98 Å². The van der Waals surface area contributed by atoms with Gasteiger partial charge < -0.3 is 11.1 Å². The van der Waals surface area contributed by atoms with E-state index in [4.69, 9.17) is 5.73 Å². The lowest BCUT2D eigenvalue weighted by molar-refractivity contribution is -0.124. The van der Waals surface area contributed by atoms with Gasteiger partial charge in [0.15, 0.2) is 0 Å². The number of hydrogen-bond donors (Lipinski definition) is 2. The zero-order chi connectivity index (χ0) is 14.2. The molecule has 5 nitrogen and oxygen atoms in total. The average Bonchev–Trinajstić information content (AvgIpc) is 2.62. The van der Waals surface area contributed by atoms with Crippen LogP contribution in [0.25, 0.3) is 11.0 Å². The van der Waals surface area contributed by atoms with Crippen molar-refractivity contribution in [2.45, 2.75) is 39.8 Å². The van der Waals surface area contributed by atoms with Crippen LogP contribution in [0.15, 0.2) is 18.2 Å². The molecular weight excluding hydrogens is 240 g/mol. The van der Waals surface area contributed by atoms with Crippen LogP contribution in [0.3, 0.4) is 0 Å². The number of nitrogens with two attached hydrogens (primary N) is 1. The van der Waals surface area contributed by atoms with E-state index in [0.717, 1.165) is 16.6 Å². The van der Waals surface area contributed by atoms with Gasteiger partial charge in [-0.1, -0.05) is 6.07 Å². The van der Waals surface area contributed by atoms with Gasteiger partial charge in [0.05, 0.1) is 11.0 Å². The number of nitrogen functional groups attached to an aromatic ring is 1. The van der Waals surface area contributed by atoms with Crippen molar-refractivity contribution in [3.63, 3.8) is 0 Å². The summed E-state index contributed by atoms with van der Waals surface area (Å²) in [6, 6.07) is 5.63. The summed E-state index contributed by atoms with van der Waals surface area (Å²) in [5.74, 6) is 0.314.